The number of amides is 1. The van der Waals surface area contributed by atoms with Gasteiger partial charge in [0.05, 0.1) is 5.56 Å². The van der Waals surface area contributed by atoms with E-state index >= 15 is 0 Å². The number of rotatable bonds is 6. The Morgan fingerprint density at radius 1 is 1.07 bits per heavy atom. The SMILES string of the molecule is Cc1cccc(NC(=O)CCSc2nc(N)c(C#N)c(-c3ccccc3)c2C#N)n1. The minimum Gasteiger partial charge on any atom is -0.383 e. The number of aromatic nitrogens is 2. The minimum atomic E-state index is -0.191. The van der Waals surface area contributed by atoms with Gasteiger partial charge < -0.3 is 11.1 Å². The maximum atomic E-state index is 12.2. The molecule has 0 unspecified atom stereocenters. The largest absolute Gasteiger partial charge is 0.383 e. The fraction of sp³-hybridized carbons (Fsp3) is 0.136. The molecule has 3 rings (SSSR count). The highest BCUT2D eigenvalue weighted by molar-refractivity contribution is 7.99. The lowest BCUT2D eigenvalue weighted by atomic mass is 9.97. The number of carbonyl (C=O) groups excluding carboxylic acids is 1. The van der Waals surface area contributed by atoms with E-state index in [0.29, 0.717) is 27.7 Å². The van der Waals surface area contributed by atoms with Crippen LogP contribution >= 0.6 is 11.8 Å². The van der Waals surface area contributed by atoms with E-state index in [-0.39, 0.29) is 29.3 Å². The fourth-order valence-corrected chi connectivity index (χ4v) is 3.79. The summed E-state index contributed by atoms with van der Waals surface area (Å²) in [5.41, 5.74) is 8.43. The second kappa shape index (κ2) is 9.55. The van der Waals surface area contributed by atoms with Gasteiger partial charge in [-0.1, -0.05) is 36.4 Å². The summed E-state index contributed by atoms with van der Waals surface area (Å²) in [4.78, 5) is 20.7. The van der Waals surface area contributed by atoms with Gasteiger partial charge in [-0.05, 0) is 24.6 Å². The summed E-state index contributed by atoms with van der Waals surface area (Å²) in [6, 6.07) is 18.7. The molecule has 0 aliphatic heterocycles. The van der Waals surface area contributed by atoms with Gasteiger partial charge in [-0.2, -0.15) is 10.5 Å². The highest BCUT2D eigenvalue weighted by atomic mass is 32.2. The topological polar surface area (TPSA) is 128 Å². The molecule has 0 spiro atoms. The number of nitrogen functional groups attached to an aromatic ring is 1. The van der Waals surface area contributed by atoms with Crippen LogP contribution in [-0.4, -0.2) is 21.6 Å². The summed E-state index contributed by atoms with van der Waals surface area (Å²) in [7, 11) is 0. The van der Waals surface area contributed by atoms with Gasteiger partial charge in [0, 0.05) is 23.4 Å². The van der Waals surface area contributed by atoms with E-state index in [1.807, 2.05) is 49.4 Å². The minimum absolute atomic E-state index is 0.0614. The number of benzene rings is 1. The zero-order valence-corrected chi connectivity index (χ0v) is 17.0. The Balaban J connectivity index is 1.80. The van der Waals surface area contributed by atoms with Crippen LogP contribution in [0.4, 0.5) is 11.6 Å². The molecule has 0 radical (unpaired) electrons. The molecular weight excluding hydrogens is 396 g/mol. The number of hydrogen-bond donors (Lipinski definition) is 2. The number of nitrogens with zero attached hydrogens (tertiary/aromatic N) is 4. The quantitative estimate of drug-likeness (QED) is 0.585. The molecule has 2 heterocycles. The van der Waals surface area contributed by atoms with E-state index in [9.17, 15) is 15.3 Å². The molecule has 0 fully saturated rings. The lowest BCUT2D eigenvalue weighted by Crippen LogP contribution is -2.13. The molecule has 0 saturated carbocycles. The number of nitrogens with one attached hydrogen (secondary N) is 1. The zero-order valence-electron chi connectivity index (χ0n) is 16.2. The standard InChI is InChI=1S/C22H18N6OS/c1-14-6-5-9-18(26-14)27-19(29)10-11-30-22-17(13-24)20(15-7-3-2-4-8-15)16(12-23)21(25)28-22/h2-9H,10-11H2,1H3,(H2,25,28)(H,26,27,29). The smallest absolute Gasteiger partial charge is 0.226 e. The molecule has 1 aromatic carbocycles. The Bertz CT molecular complexity index is 1160. The molecule has 2 aromatic heterocycles. The third-order valence-electron chi connectivity index (χ3n) is 4.20. The number of pyridine rings is 2. The molecule has 3 N–H and O–H groups in total. The van der Waals surface area contributed by atoms with E-state index in [1.54, 1.807) is 6.07 Å². The first-order valence-electron chi connectivity index (χ1n) is 9.09. The molecule has 3 aromatic rings. The Labute approximate surface area is 178 Å². The third-order valence-corrected chi connectivity index (χ3v) is 5.18. The highest BCUT2D eigenvalue weighted by Crippen LogP contribution is 2.35. The van der Waals surface area contributed by atoms with Crippen LogP contribution in [0, 0.1) is 29.6 Å². The molecule has 0 aliphatic carbocycles. The van der Waals surface area contributed by atoms with Crippen LogP contribution in [0.2, 0.25) is 0 Å². The fourth-order valence-electron chi connectivity index (χ4n) is 2.85. The summed E-state index contributed by atoms with van der Waals surface area (Å²) in [5.74, 6) is 0.754. The predicted octanol–water partition coefficient (Wildman–Crippen LogP) is 3.90. The van der Waals surface area contributed by atoms with Crippen LogP contribution in [0.15, 0.2) is 53.6 Å². The second-order valence-corrected chi connectivity index (χ2v) is 7.41. The lowest BCUT2D eigenvalue weighted by molar-refractivity contribution is -0.115. The number of thioether (sulfide) groups is 1. The van der Waals surface area contributed by atoms with Crippen molar-refractivity contribution in [2.75, 3.05) is 16.8 Å². The van der Waals surface area contributed by atoms with Crippen molar-refractivity contribution in [1.82, 2.24) is 9.97 Å². The van der Waals surface area contributed by atoms with Gasteiger partial charge in [-0.3, -0.25) is 4.79 Å². The average Bonchev–Trinajstić information content (AvgIpc) is 2.74. The first-order chi connectivity index (χ1) is 14.5. The summed E-state index contributed by atoms with van der Waals surface area (Å²) in [5, 5.41) is 22.4. The monoisotopic (exact) mass is 414 g/mol. The van der Waals surface area contributed by atoms with E-state index in [4.69, 9.17) is 5.73 Å². The number of hydrogen-bond acceptors (Lipinski definition) is 7. The third kappa shape index (κ3) is 4.75. The van der Waals surface area contributed by atoms with Crippen molar-refractivity contribution in [2.24, 2.45) is 0 Å². The second-order valence-electron chi connectivity index (χ2n) is 6.33. The van der Waals surface area contributed by atoms with Crippen LogP contribution in [0.1, 0.15) is 23.2 Å². The van der Waals surface area contributed by atoms with E-state index in [1.165, 1.54) is 11.8 Å². The normalized spacial score (nSPS) is 10.1. The van der Waals surface area contributed by atoms with Gasteiger partial charge in [0.2, 0.25) is 5.91 Å². The van der Waals surface area contributed by atoms with Crippen molar-refractivity contribution in [3.05, 3.63) is 65.4 Å². The number of nitrogens with two attached hydrogens (primary N) is 1. The lowest BCUT2D eigenvalue weighted by Gasteiger charge is -2.13. The van der Waals surface area contributed by atoms with Gasteiger partial charge >= 0.3 is 0 Å². The van der Waals surface area contributed by atoms with Crippen LogP contribution in [0.3, 0.4) is 0 Å². The van der Waals surface area contributed by atoms with Gasteiger partial charge in [0.15, 0.2) is 0 Å². The summed E-state index contributed by atoms with van der Waals surface area (Å²) in [6.07, 6.45) is 0.202. The molecule has 0 atom stereocenters. The molecule has 0 saturated heterocycles. The molecule has 0 bridgehead atoms. The number of carbonyl (C=O) groups is 1. The zero-order chi connectivity index (χ0) is 21.5. The van der Waals surface area contributed by atoms with Crippen LogP contribution in [0.5, 0.6) is 0 Å². The van der Waals surface area contributed by atoms with E-state index in [0.717, 1.165) is 5.69 Å². The number of nitriles is 2. The van der Waals surface area contributed by atoms with Gasteiger partial charge in [-0.15, -0.1) is 11.8 Å². The summed E-state index contributed by atoms with van der Waals surface area (Å²) < 4.78 is 0. The predicted molar refractivity (Wildman–Crippen MR) is 116 cm³/mol. The van der Waals surface area contributed by atoms with Crippen molar-refractivity contribution in [1.29, 1.82) is 10.5 Å². The van der Waals surface area contributed by atoms with Crippen molar-refractivity contribution in [2.45, 2.75) is 18.4 Å². The number of aryl methyl sites for hydroxylation is 1. The van der Waals surface area contributed by atoms with Crippen LogP contribution < -0.4 is 11.1 Å². The molecule has 0 aliphatic rings. The molecule has 8 heteroatoms. The first kappa shape index (κ1) is 20.8. The van der Waals surface area contributed by atoms with Crippen molar-refractivity contribution < 1.29 is 4.79 Å². The van der Waals surface area contributed by atoms with Gasteiger partial charge in [-0.25, -0.2) is 9.97 Å². The molecule has 148 valence electrons. The average molecular weight is 414 g/mol. The van der Waals surface area contributed by atoms with Crippen molar-refractivity contribution in [3.8, 4) is 23.3 Å². The maximum Gasteiger partial charge on any atom is 0.226 e. The Hall–Kier alpha value is -3.88. The highest BCUT2D eigenvalue weighted by Gasteiger charge is 2.20. The Morgan fingerprint density at radius 2 is 1.80 bits per heavy atom. The van der Waals surface area contributed by atoms with E-state index < -0.39 is 0 Å². The van der Waals surface area contributed by atoms with Crippen LogP contribution in [-0.2, 0) is 4.79 Å². The maximum absolute atomic E-state index is 12.2. The number of anilines is 2. The summed E-state index contributed by atoms with van der Waals surface area (Å²) >= 11 is 1.25. The van der Waals surface area contributed by atoms with Crippen molar-refractivity contribution >= 4 is 29.3 Å². The van der Waals surface area contributed by atoms with E-state index in [2.05, 4.69) is 27.4 Å². The van der Waals surface area contributed by atoms with Gasteiger partial charge in [0.25, 0.3) is 0 Å². The van der Waals surface area contributed by atoms with Crippen LogP contribution in [0.25, 0.3) is 11.1 Å². The van der Waals surface area contributed by atoms with Gasteiger partial charge in [0.1, 0.15) is 34.4 Å². The van der Waals surface area contributed by atoms with Crippen molar-refractivity contribution in [3.63, 3.8) is 0 Å². The molecule has 7 nitrogen and oxygen atoms in total. The molecule has 1 amide bonds. The summed E-state index contributed by atoms with van der Waals surface area (Å²) in [6.45, 7) is 1.85. The Kier molecular flexibility index (Phi) is 6.63. The Morgan fingerprint density at radius 3 is 2.47 bits per heavy atom. The molecular formula is C22H18N6OS. The first-order valence-corrected chi connectivity index (χ1v) is 10.1. The molecule has 30 heavy (non-hydrogen) atoms.